The third-order valence-electron chi connectivity index (χ3n) is 2.57. The standard InChI is InChI=1S/C15H14ClN3S/c16-14-9-5-4-8-13(14)11-18-19-15(20)17-10-12-6-2-1-3-7-12/h1-9,11H,10H2,(H2,17,19,20). The monoisotopic (exact) mass is 303 g/mol. The minimum absolute atomic E-state index is 0.470. The van der Waals surface area contributed by atoms with E-state index in [1.165, 1.54) is 0 Å². The maximum atomic E-state index is 6.01. The molecule has 2 rings (SSSR count). The lowest BCUT2D eigenvalue weighted by Crippen LogP contribution is -2.31. The Labute approximate surface area is 128 Å². The Balaban J connectivity index is 1.79. The first kappa shape index (κ1) is 14.5. The lowest BCUT2D eigenvalue weighted by atomic mass is 10.2. The highest BCUT2D eigenvalue weighted by Crippen LogP contribution is 2.11. The predicted molar refractivity (Wildman–Crippen MR) is 88.1 cm³/mol. The summed E-state index contributed by atoms with van der Waals surface area (Å²) in [5.41, 5.74) is 4.76. The molecule has 2 aromatic rings. The maximum Gasteiger partial charge on any atom is 0.187 e. The summed E-state index contributed by atoms with van der Waals surface area (Å²) in [4.78, 5) is 0. The normalized spacial score (nSPS) is 10.4. The number of rotatable bonds is 4. The van der Waals surface area contributed by atoms with Crippen molar-refractivity contribution < 1.29 is 0 Å². The van der Waals surface area contributed by atoms with E-state index in [1.807, 2.05) is 54.6 Å². The van der Waals surface area contributed by atoms with E-state index >= 15 is 0 Å². The highest BCUT2D eigenvalue weighted by atomic mass is 35.5. The van der Waals surface area contributed by atoms with Gasteiger partial charge in [0.2, 0.25) is 0 Å². The molecule has 20 heavy (non-hydrogen) atoms. The van der Waals surface area contributed by atoms with Gasteiger partial charge in [0, 0.05) is 17.1 Å². The van der Waals surface area contributed by atoms with Crippen molar-refractivity contribution in [3.05, 3.63) is 70.7 Å². The average molecular weight is 304 g/mol. The molecule has 2 N–H and O–H groups in total. The summed E-state index contributed by atoms with van der Waals surface area (Å²) in [5.74, 6) is 0. The number of nitrogens with zero attached hydrogens (tertiary/aromatic N) is 1. The Kier molecular flexibility index (Phi) is 5.53. The summed E-state index contributed by atoms with van der Waals surface area (Å²) in [7, 11) is 0. The molecule has 0 atom stereocenters. The van der Waals surface area contributed by atoms with Crippen LogP contribution in [0.5, 0.6) is 0 Å². The van der Waals surface area contributed by atoms with Crippen molar-refractivity contribution in [2.24, 2.45) is 5.10 Å². The molecule has 0 spiro atoms. The first-order valence-electron chi connectivity index (χ1n) is 6.11. The van der Waals surface area contributed by atoms with Gasteiger partial charge in [0.1, 0.15) is 0 Å². The molecule has 3 nitrogen and oxygen atoms in total. The van der Waals surface area contributed by atoms with Crippen LogP contribution in [0.2, 0.25) is 5.02 Å². The number of hydrogen-bond acceptors (Lipinski definition) is 2. The van der Waals surface area contributed by atoms with E-state index in [2.05, 4.69) is 15.8 Å². The van der Waals surface area contributed by atoms with Gasteiger partial charge in [0.25, 0.3) is 0 Å². The number of benzene rings is 2. The molecule has 0 aromatic heterocycles. The predicted octanol–water partition coefficient (Wildman–Crippen LogP) is 3.34. The van der Waals surface area contributed by atoms with Crippen molar-refractivity contribution in [1.82, 2.24) is 10.7 Å². The molecule has 5 heteroatoms. The first-order chi connectivity index (χ1) is 9.75. The Morgan fingerprint density at radius 2 is 1.80 bits per heavy atom. The average Bonchev–Trinajstić information content (AvgIpc) is 2.48. The van der Waals surface area contributed by atoms with E-state index < -0.39 is 0 Å². The Morgan fingerprint density at radius 3 is 2.55 bits per heavy atom. The number of nitrogens with one attached hydrogen (secondary N) is 2. The van der Waals surface area contributed by atoms with Crippen molar-refractivity contribution in [2.75, 3.05) is 0 Å². The van der Waals surface area contributed by atoms with Gasteiger partial charge in [-0.2, -0.15) is 5.10 Å². The number of halogens is 1. The van der Waals surface area contributed by atoms with E-state index in [4.69, 9.17) is 23.8 Å². The van der Waals surface area contributed by atoms with Gasteiger partial charge in [-0.3, -0.25) is 5.43 Å². The molecular weight excluding hydrogens is 290 g/mol. The van der Waals surface area contributed by atoms with Gasteiger partial charge in [0.05, 0.1) is 6.21 Å². The molecule has 0 saturated heterocycles. The zero-order chi connectivity index (χ0) is 14.2. The van der Waals surface area contributed by atoms with E-state index in [9.17, 15) is 0 Å². The summed E-state index contributed by atoms with van der Waals surface area (Å²) < 4.78 is 0. The summed E-state index contributed by atoms with van der Waals surface area (Å²) >= 11 is 11.1. The molecule has 0 bridgehead atoms. The van der Waals surface area contributed by atoms with Crippen molar-refractivity contribution in [2.45, 2.75) is 6.54 Å². The third kappa shape index (κ3) is 4.64. The maximum absolute atomic E-state index is 6.01. The summed E-state index contributed by atoms with van der Waals surface area (Å²) in [6.45, 7) is 0.661. The Morgan fingerprint density at radius 1 is 1.10 bits per heavy atom. The lowest BCUT2D eigenvalue weighted by molar-refractivity contribution is 0.869. The quantitative estimate of drug-likeness (QED) is 0.517. The molecular formula is C15H14ClN3S. The van der Waals surface area contributed by atoms with Crippen LogP contribution in [0.3, 0.4) is 0 Å². The molecule has 0 aliphatic rings. The molecule has 0 aliphatic carbocycles. The van der Waals surface area contributed by atoms with Crippen LogP contribution in [0.15, 0.2) is 59.7 Å². The zero-order valence-corrected chi connectivity index (χ0v) is 12.3. The second-order valence-corrected chi connectivity index (χ2v) is 4.88. The molecule has 2 aromatic carbocycles. The number of thiocarbonyl (C=S) groups is 1. The summed E-state index contributed by atoms with van der Waals surface area (Å²) in [5, 5.41) is 8.25. The largest absolute Gasteiger partial charge is 0.357 e. The van der Waals surface area contributed by atoms with E-state index in [0.29, 0.717) is 16.7 Å². The SMILES string of the molecule is S=C(NCc1ccccc1)NN=Cc1ccccc1Cl. The van der Waals surface area contributed by atoms with Crippen molar-refractivity contribution in [1.29, 1.82) is 0 Å². The molecule has 0 heterocycles. The minimum Gasteiger partial charge on any atom is -0.357 e. The van der Waals surface area contributed by atoms with Gasteiger partial charge >= 0.3 is 0 Å². The minimum atomic E-state index is 0.470. The van der Waals surface area contributed by atoms with Gasteiger partial charge in [-0.1, -0.05) is 60.1 Å². The van der Waals surface area contributed by atoms with Crippen molar-refractivity contribution in [3.8, 4) is 0 Å². The molecule has 0 radical (unpaired) electrons. The molecule has 0 saturated carbocycles. The van der Waals surface area contributed by atoms with E-state index in [0.717, 1.165) is 11.1 Å². The Hall–Kier alpha value is -1.91. The fourth-order valence-corrected chi connectivity index (χ4v) is 1.87. The molecule has 0 aliphatic heterocycles. The zero-order valence-electron chi connectivity index (χ0n) is 10.7. The van der Waals surface area contributed by atoms with Gasteiger partial charge in [-0.25, -0.2) is 0 Å². The molecule has 102 valence electrons. The molecule has 0 fully saturated rings. The fraction of sp³-hybridized carbons (Fsp3) is 0.0667. The number of hydrogen-bond donors (Lipinski definition) is 2. The van der Waals surface area contributed by atoms with Crippen LogP contribution in [0.4, 0.5) is 0 Å². The highest BCUT2D eigenvalue weighted by molar-refractivity contribution is 7.80. The third-order valence-corrected chi connectivity index (χ3v) is 3.15. The van der Waals surface area contributed by atoms with Gasteiger partial charge in [0.15, 0.2) is 5.11 Å². The van der Waals surface area contributed by atoms with Gasteiger partial charge in [-0.15, -0.1) is 0 Å². The van der Waals surface area contributed by atoms with Gasteiger partial charge < -0.3 is 5.32 Å². The van der Waals surface area contributed by atoms with Crippen molar-refractivity contribution in [3.63, 3.8) is 0 Å². The van der Waals surface area contributed by atoms with E-state index in [-0.39, 0.29) is 0 Å². The molecule has 0 amide bonds. The van der Waals surface area contributed by atoms with Crippen LogP contribution < -0.4 is 10.7 Å². The topological polar surface area (TPSA) is 36.4 Å². The smallest absolute Gasteiger partial charge is 0.187 e. The fourth-order valence-electron chi connectivity index (χ4n) is 1.56. The summed E-state index contributed by atoms with van der Waals surface area (Å²) in [6, 6.07) is 17.5. The van der Waals surface area contributed by atoms with E-state index in [1.54, 1.807) is 6.21 Å². The summed E-state index contributed by atoms with van der Waals surface area (Å²) in [6.07, 6.45) is 1.64. The lowest BCUT2D eigenvalue weighted by Gasteiger charge is -2.06. The van der Waals surface area contributed by atoms with Crippen LogP contribution in [-0.2, 0) is 6.54 Å². The highest BCUT2D eigenvalue weighted by Gasteiger charge is 1.96. The van der Waals surface area contributed by atoms with Crippen molar-refractivity contribution >= 4 is 35.1 Å². The second kappa shape index (κ2) is 7.62. The number of hydrazone groups is 1. The van der Waals surface area contributed by atoms with Crippen LogP contribution >= 0.6 is 23.8 Å². The van der Waals surface area contributed by atoms with Gasteiger partial charge in [-0.05, 0) is 23.8 Å². The van der Waals surface area contributed by atoms with Crippen LogP contribution in [0.25, 0.3) is 0 Å². The molecule has 0 unspecified atom stereocenters. The second-order valence-electron chi connectivity index (χ2n) is 4.06. The Bertz CT molecular complexity index is 599. The first-order valence-corrected chi connectivity index (χ1v) is 6.89. The van der Waals surface area contributed by atoms with Crippen LogP contribution in [-0.4, -0.2) is 11.3 Å². The van der Waals surface area contributed by atoms with Crippen LogP contribution in [0, 0.1) is 0 Å². The van der Waals surface area contributed by atoms with Crippen LogP contribution in [0.1, 0.15) is 11.1 Å².